The van der Waals surface area contributed by atoms with Gasteiger partial charge >= 0.3 is 6.01 Å². The van der Waals surface area contributed by atoms with Gasteiger partial charge in [0.15, 0.2) is 0 Å². The van der Waals surface area contributed by atoms with Gasteiger partial charge < -0.3 is 9.73 Å². The van der Waals surface area contributed by atoms with Crippen LogP contribution in [0.1, 0.15) is 37.6 Å². The average molecular weight is 236 g/mol. The van der Waals surface area contributed by atoms with Crippen molar-refractivity contribution in [3.8, 4) is 0 Å². The lowest BCUT2D eigenvalue weighted by Crippen LogP contribution is -2.13. The molecular weight excluding hydrogens is 220 g/mol. The molecule has 0 radical (unpaired) electrons. The summed E-state index contributed by atoms with van der Waals surface area (Å²) in [7, 11) is 0. The predicted octanol–water partition coefficient (Wildman–Crippen LogP) is 1.40. The second-order valence-corrected chi connectivity index (χ2v) is 3.97. The van der Waals surface area contributed by atoms with Gasteiger partial charge in [-0.3, -0.25) is 10.1 Å². The molecule has 1 atom stereocenters. The number of rotatable bonds is 5. The molecule has 0 bridgehead atoms. The van der Waals surface area contributed by atoms with Gasteiger partial charge in [0, 0.05) is 6.42 Å². The van der Waals surface area contributed by atoms with E-state index in [9.17, 15) is 4.79 Å². The maximum absolute atomic E-state index is 11.4. The minimum absolute atomic E-state index is 0.126. The fourth-order valence-corrected chi connectivity index (χ4v) is 1.74. The van der Waals surface area contributed by atoms with Crippen molar-refractivity contribution in [2.45, 2.75) is 31.7 Å². The summed E-state index contributed by atoms with van der Waals surface area (Å²) in [5, 5.41) is 13.5. The molecule has 1 aliphatic rings. The molecule has 6 heteroatoms. The van der Waals surface area contributed by atoms with Crippen LogP contribution in [0.4, 0.5) is 6.01 Å². The Kier molecular flexibility index (Phi) is 3.87. The van der Waals surface area contributed by atoms with Crippen LogP contribution in [0.3, 0.4) is 0 Å². The maximum Gasteiger partial charge on any atom is 0.322 e. The van der Waals surface area contributed by atoms with Crippen molar-refractivity contribution in [2.24, 2.45) is 0 Å². The highest BCUT2D eigenvalue weighted by atomic mass is 16.4. The number of nitrogens with one attached hydrogen (secondary N) is 2. The van der Waals surface area contributed by atoms with E-state index in [4.69, 9.17) is 4.42 Å². The van der Waals surface area contributed by atoms with E-state index in [1.54, 1.807) is 6.08 Å². The Morgan fingerprint density at radius 3 is 3.24 bits per heavy atom. The number of carbonyl (C=O) groups is 1. The van der Waals surface area contributed by atoms with E-state index in [1.807, 2.05) is 0 Å². The SMILES string of the molecule is C=CCCC(=O)Nc1nnc(C2CCCN2)o1. The monoisotopic (exact) mass is 236 g/mol. The first-order chi connectivity index (χ1) is 8.29. The molecule has 0 spiro atoms. The Labute approximate surface area is 99.5 Å². The third-order valence-electron chi connectivity index (χ3n) is 2.62. The Morgan fingerprint density at radius 1 is 1.65 bits per heavy atom. The zero-order valence-corrected chi connectivity index (χ0v) is 9.61. The largest absolute Gasteiger partial charge is 0.406 e. The number of anilines is 1. The van der Waals surface area contributed by atoms with Gasteiger partial charge in [0.25, 0.3) is 0 Å². The van der Waals surface area contributed by atoms with Gasteiger partial charge in [0.2, 0.25) is 11.8 Å². The highest BCUT2D eigenvalue weighted by Crippen LogP contribution is 2.22. The fraction of sp³-hybridized carbons (Fsp3) is 0.545. The molecule has 2 heterocycles. The van der Waals surface area contributed by atoms with E-state index in [-0.39, 0.29) is 18.0 Å². The quantitative estimate of drug-likeness (QED) is 0.755. The summed E-state index contributed by atoms with van der Waals surface area (Å²) in [5.41, 5.74) is 0. The van der Waals surface area contributed by atoms with Crippen LogP contribution in [-0.2, 0) is 4.79 Å². The van der Waals surface area contributed by atoms with Crippen molar-refractivity contribution in [2.75, 3.05) is 11.9 Å². The first-order valence-corrected chi connectivity index (χ1v) is 5.77. The molecule has 1 fully saturated rings. The van der Waals surface area contributed by atoms with Crippen molar-refractivity contribution in [3.05, 3.63) is 18.5 Å². The lowest BCUT2D eigenvalue weighted by molar-refractivity contribution is -0.116. The van der Waals surface area contributed by atoms with Crippen LogP contribution in [0.2, 0.25) is 0 Å². The summed E-state index contributed by atoms with van der Waals surface area (Å²) >= 11 is 0. The van der Waals surface area contributed by atoms with E-state index in [1.165, 1.54) is 0 Å². The summed E-state index contributed by atoms with van der Waals surface area (Å²) in [4.78, 5) is 11.4. The highest BCUT2D eigenvalue weighted by molar-refractivity contribution is 5.88. The van der Waals surface area contributed by atoms with Crippen molar-refractivity contribution in [3.63, 3.8) is 0 Å². The van der Waals surface area contributed by atoms with Crippen LogP contribution >= 0.6 is 0 Å². The molecule has 1 unspecified atom stereocenters. The zero-order valence-electron chi connectivity index (χ0n) is 9.61. The minimum atomic E-state index is -0.139. The molecular formula is C11H16N4O2. The van der Waals surface area contributed by atoms with E-state index in [0.29, 0.717) is 18.7 Å². The van der Waals surface area contributed by atoms with E-state index < -0.39 is 0 Å². The van der Waals surface area contributed by atoms with E-state index in [2.05, 4.69) is 27.4 Å². The Balaban J connectivity index is 1.89. The van der Waals surface area contributed by atoms with E-state index in [0.717, 1.165) is 19.4 Å². The molecule has 0 aromatic carbocycles. The van der Waals surface area contributed by atoms with Gasteiger partial charge in [-0.2, -0.15) is 0 Å². The number of carbonyl (C=O) groups excluding carboxylic acids is 1. The molecule has 92 valence electrons. The van der Waals surface area contributed by atoms with Crippen LogP contribution in [-0.4, -0.2) is 22.6 Å². The van der Waals surface area contributed by atoms with Crippen LogP contribution in [0, 0.1) is 0 Å². The summed E-state index contributed by atoms with van der Waals surface area (Å²) < 4.78 is 5.38. The van der Waals surface area contributed by atoms with Crippen LogP contribution in [0.15, 0.2) is 17.1 Å². The standard InChI is InChI=1S/C11H16N4O2/c1-2-3-6-9(16)13-11-15-14-10(17-11)8-5-4-7-12-8/h2,8,12H,1,3-7H2,(H,13,15,16). The lowest BCUT2D eigenvalue weighted by atomic mass is 10.2. The lowest BCUT2D eigenvalue weighted by Gasteiger charge is -2.02. The summed E-state index contributed by atoms with van der Waals surface area (Å²) in [5.74, 6) is 0.404. The van der Waals surface area contributed by atoms with E-state index >= 15 is 0 Å². The summed E-state index contributed by atoms with van der Waals surface area (Å²) in [6, 6.07) is 0.295. The first kappa shape index (κ1) is 11.8. The van der Waals surface area contributed by atoms with Crippen LogP contribution in [0.5, 0.6) is 0 Å². The van der Waals surface area contributed by atoms with Crippen LogP contribution in [0.25, 0.3) is 0 Å². The van der Waals surface area contributed by atoms with Gasteiger partial charge in [-0.05, 0) is 25.8 Å². The predicted molar refractivity (Wildman–Crippen MR) is 62.3 cm³/mol. The summed E-state index contributed by atoms with van der Waals surface area (Å²) in [6.07, 6.45) is 4.81. The van der Waals surface area contributed by atoms with Crippen molar-refractivity contribution in [1.82, 2.24) is 15.5 Å². The number of hydrogen-bond acceptors (Lipinski definition) is 5. The Hall–Kier alpha value is -1.69. The Morgan fingerprint density at radius 2 is 2.53 bits per heavy atom. The molecule has 17 heavy (non-hydrogen) atoms. The molecule has 1 aromatic heterocycles. The fourth-order valence-electron chi connectivity index (χ4n) is 1.74. The summed E-state index contributed by atoms with van der Waals surface area (Å²) in [6.45, 7) is 4.52. The third-order valence-corrected chi connectivity index (χ3v) is 2.62. The topological polar surface area (TPSA) is 80.0 Å². The second-order valence-electron chi connectivity index (χ2n) is 3.97. The highest BCUT2D eigenvalue weighted by Gasteiger charge is 2.22. The average Bonchev–Trinajstić information content (AvgIpc) is 2.95. The second kappa shape index (κ2) is 5.58. The molecule has 1 aliphatic heterocycles. The van der Waals surface area contributed by atoms with Crippen molar-refractivity contribution < 1.29 is 9.21 Å². The number of hydrogen-bond donors (Lipinski definition) is 2. The number of allylic oxidation sites excluding steroid dienone is 1. The minimum Gasteiger partial charge on any atom is -0.406 e. The molecule has 1 saturated heterocycles. The molecule has 1 amide bonds. The first-order valence-electron chi connectivity index (χ1n) is 5.77. The zero-order chi connectivity index (χ0) is 12.1. The van der Waals surface area contributed by atoms with Gasteiger partial charge in [-0.15, -0.1) is 11.7 Å². The van der Waals surface area contributed by atoms with Gasteiger partial charge in [-0.25, -0.2) is 0 Å². The van der Waals surface area contributed by atoms with Crippen molar-refractivity contribution >= 4 is 11.9 Å². The van der Waals surface area contributed by atoms with Crippen LogP contribution < -0.4 is 10.6 Å². The molecule has 0 saturated carbocycles. The number of aromatic nitrogens is 2. The number of amides is 1. The van der Waals surface area contributed by atoms with Gasteiger partial charge in [0.05, 0.1) is 6.04 Å². The normalized spacial score (nSPS) is 19.2. The van der Waals surface area contributed by atoms with Gasteiger partial charge in [-0.1, -0.05) is 11.2 Å². The smallest absolute Gasteiger partial charge is 0.322 e. The van der Waals surface area contributed by atoms with Gasteiger partial charge in [0.1, 0.15) is 0 Å². The number of nitrogens with zero attached hydrogens (tertiary/aromatic N) is 2. The van der Waals surface area contributed by atoms with Crippen molar-refractivity contribution in [1.29, 1.82) is 0 Å². The third kappa shape index (κ3) is 3.13. The molecule has 2 N–H and O–H groups in total. The maximum atomic E-state index is 11.4. The molecule has 2 rings (SSSR count). The molecule has 1 aromatic rings. The molecule has 6 nitrogen and oxygen atoms in total. The molecule has 0 aliphatic carbocycles. The Bertz CT molecular complexity index is 396.